The van der Waals surface area contributed by atoms with Crippen LogP contribution in [-0.4, -0.2) is 9.78 Å². The van der Waals surface area contributed by atoms with Crippen LogP contribution in [0.5, 0.6) is 0 Å². The quantitative estimate of drug-likeness (QED) is 0.375. The van der Waals surface area contributed by atoms with Crippen LogP contribution in [0.4, 0.5) is 0 Å². The van der Waals surface area contributed by atoms with Gasteiger partial charge < -0.3 is 0 Å². The maximum Gasteiger partial charge on any atom is 0.0959 e. The van der Waals surface area contributed by atoms with E-state index in [0.29, 0.717) is 6.54 Å². The summed E-state index contributed by atoms with van der Waals surface area (Å²) >= 11 is 6.20. The molecule has 4 rings (SSSR count). The van der Waals surface area contributed by atoms with Crippen molar-refractivity contribution in [3.63, 3.8) is 0 Å². The number of halogens is 1. The van der Waals surface area contributed by atoms with Gasteiger partial charge in [-0.1, -0.05) is 83.4 Å². The molecule has 0 amide bonds. The molecule has 0 saturated heterocycles. The molecule has 3 heteroatoms. The van der Waals surface area contributed by atoms with Crippen molar-refractivity contribution in [2.75, 3.05) is 0 Å². The van der Waals surface area contributed by atoms with Crippen molar-refractivity contribution in [2.45, 2.75) is 27.3 Å². The fourth-order valence-corrected chi connectivity index (χ4v) is 3.75. The van der Waals surface area contributed by atoms with Crippen LogP contribution in [0.15, 0.2) is 72.8 Å². The SMILES string of the molecule is Cc1ccc(-c2nn(Cc3cccc(Cl)c3)c(-c3ccc(C)cc3)c2C)cc1. The molecule has 0 radical (unpaired) electrons. The van der Waals surface area contributed by atoms with Crippen LogP contribution in [-0.2, 0) is 6.54 Å². The normalized spacial score (nSPS) is 11.0. The van der Waals surface area contributed by atoms with E-state index in [-0.39, 0.29) is 0 Å². The Balaban J connectivity index is 1.86. The Bertz CT molecular complexity index is 1110. The van der Waals surface area contributed by atoms with E-state index in [1.807, 2.05) is 18.2 Å². The van der Waals surface area contributed by atoms with E-state index < -0.39 is 0 Å². The van der Waals surface area contributed by atoms with Gasteiger partial charge in [0, 0.05) is 21.7 Å². The van der Waals surface area contributed by atoms with E-state index in [0.717, 1.165) is 27.5 Å². The molecular formula is C25H23ClN2. The highest BCUT2D eigenvalue weighted by Crippen LogP contribution is 2.32. The minimum Gasteiger partial charge on any atom is -0.260 e. The summed E-state index contributed by atoms with van der Waals surface area (Å²) in [4.78, 5) is 0. The number of rotatable bonds is 4. The van der Waals surface area contributed by atoms with Gasteiger partial charge >= 0.3 is 0 Å². The zero-order valence-electron chi connectivity index (χ0n) is 16.4. The lowest BCUT2D eigenvalue weighted by atomic mass is 10.0. The fourth-order valence-electron chi connectivity index (χ4n) is 3.54. The first kappa shape index (κ1) is 18.5. The van der Waals surface area contributed by atoms with Crippen LogP contribution < -0.4 is 0 Å². The summed E-state index contributed by atoms with van der Waals surface area (Å²) in [6, 6.07) is 25.2. The first-order chi connectivity index (χ1) is 13.5. The Morgan fingerprint density at radius 2 is 1.39 bits per heavy atom. The van der Waals surface area contributed by atoms with Gasteiger partial charge in [-0.3, -0.25) is 4.68 Å². The highest BCUT2D eigenvalue weighted by atomic mass is 35.5. The lowest BCUT2D eigenvalue weighted by molar-refractivity contribution is 0.696. The summed E-state index contributed by atoms with van der Waals surface area (Å²) in [5, 5.41) is 5.75. The van der Waals surface area contributed by atoms with Crippen molar-refractivity contribution in [1.82, 2.24) is 9.78 Å². The summed E-state index contributed by atoms with van der Waals surface area (Å²) < 4.78 is 2.10. The van der Waals surface area contributed by atoms with Gasteiger partial charge in [-0.05, 0) is 38.5 Å². The van der Waals surface area contributed by atoms with E-state index in [1.165, 1.54) is 22.3 Å². The molecule has 0 bridgehead atoms. The molecule has 0 aliphatic rings. The van der Waals surface area contributed by atoms with Gasteiger partial charge in [-0.2, -0.15) is 5.10 Å². The van der Waals surface area contributed by atoms with Crippen LogP contribution in [0.1, 0.15) is 22.3 Å². The topological polar surface area (TPSA) is 17.8 Å². The third-order valence-corrected chi connectivity index (χ3v) is 5.30. The Morgan fingerprint density at radius 1 is 0.786 bits per heavy atom. The van der Waals surface area contributed by atoms with E-state index in [1.54, 1.807) is 0 Å². The Morgan fingerprint density at radius 3 is 2.00 bits per heavy atom. The molecule has 0 N–H and O–H groups in total. The van der Waals surface area contributed by atoms with Gasteiger partial charge in [0.1, 0.15) is 0 Å². The maximum atomic E-state index is 6.20. The van der Waals surface area contributed by atoms with E-state index in [2.05, 4.69) is 80.1 Å². The lowest BCUT2D eigenvalue weighted by Crippen LogP contribution is -2.04. The largest absolute Gasteiger partial charge is 0.260 e. The molecule has 4 aromatic rings. The molecule has 0 fully saturated rings. The molecule has 1 heterocycles. The average molecular weight is 387 g/mol. The zero-order valence-corrected chi connectivity index (χ0v) is 17.2. The lowest BCUT2D eigenvalue weighted by Gasteiger charge is -2.10. The van der Waals surface area contributed by atoms with Gasteiger partial charge in [0.25, 0.3) is 0 Å². The number of hydrogen-bond acceptors (Lipinski definition) is 1. The fraction of sp³-hybridized carbons (Fsp3) is 0.160. The Kier molecular flexibility index (Phi) is 5.06. The summed E-state index contributed by atoms with van der Waals surface area (Å²) in [7, 11) is 0. The van der Waals surface area contributed by atoms with Crippen LogP contribution in [0.2, 0.25) is 5.02 Å². The maximum absolute atomic E-state index is 6.20. The standard InChI is InChI=1S/C25H23ClN2/c1-17-7-11-21(12-8-17)24-19(3)25(22-13-9-18(2)10-14-22)28(27-24)16-20-5-4-6-23(26)15-20/h4-15H,16H2,1-3H3. The second-order valence-electron chi connectivity index (χ2n) is 7.34. The molecular weight excluding hydrogens is 364 g/mol. The summed E-state index contributed by atoms with van der Waals surface area (Å²) in [6.45, 7) is 7.05. The van der Waals surface area contributed by atoms with E-state index >= 15 is 0 Å². The van der Waals surface area contributed by atoms with E-state index in [4.69, 9.17) is 16.7 Å². The molecule has 2 nitrogen and oxygen atoms in total. The zero-order chi connectivity index (χ0) is 19.7. The Hall–Kier alpha value is -2.84. The number of aromatic nitrogens is 2. The van der Waals surface area contributed by atoms with Crippen LogP contribution in [0.25, 0.3) is 22.5 Å². The summed E-state index contributed by atoms with van der Waals surface area (Å²) in [5.74, 6) is 0. The monoisotopic (exact) mass is 386 g/mol. The predicted octanol–water partition coefficient (Wildman–Crippen LogP) is 6.84. The first-order valence-electron chi connectivity index (χ1n) is 9.47. The number of nitrogens with zero attached hydrogens (tertiary/aromatic N) is 2. The van der Waals surface area contributed by atoms with Crippen LogP contribution in [0.3, 0.4) is 0 Å². The smallest absolute Gasteiger partial charge is 0.0959 e. The van der Waals surface area contributed by atoms with Crippen LogP contribution in [0, 0.1) is 20.8 Å². The summed E-state index contributed by atoms with van der Waals surface area (Å²) in [6.07, 6.45) is 0. The highest BCUT2D eigenvalue weighted by molar-refractivity contribution is 6.30. The summed E-state index contributed by atoms with van der Waals surface area (Å²) in [5.41, 5.74) is 9.32. The van der Waals surface area contributed by atoms with Gasteiger partial charge in [0.15, 0.2) is 0 Å². The third-order valence-electron chi connectivity index (χ3n) is 5.06. The molecule has 28 heavy (non-hydrogen) atoms. The molecule has 0 spiro atoms. The minimum absolute atomic E-state index is 0.677. The molecule has 3 aromatic carbocycles. The second kappa shape index (κ2) is 7.65. The van der Waals surface area contributed by atoms with Crippen molar-refractivity contribution in [2.24, 2.45) is 0 Å². The number of benzene rings is 3. The van der Waals surface area contributed by atoms with Crippen LogP contribution >= 0.6 is 11.6 Å². The molecule has 0 unspecified atom stereocenters. The average Bonchev–Trinajstić information content (AvgIpc) is 2.99. The molecule has 140 valence electrons. The van der Waals surface area contributed by atoms with Crippen molar-refractivity contribution in [3.05, 3.63) is 100 Å². The van der Waals surface area contributed by atoms with Crippen molar-refractivity contribution in [1.29, 1.82) is 0 Å². The third kappa shape index (κ3) is 3.74. The molecule has 0 aliphatic carbocycles. The first-order valence-corrected chi connectivity index (χ1v) is 9.85. The van der Waals surface area contributed by atoms with Gasteiger partial charge in [-0.15, -0.1) is 0 Å². The van der Waals surface area contributed by atoms with Crippen molar-refractivity contribution in [3.8, 4) is 22.5 Å². The molecule has 1 aromatic heterocycles. The van der Waals surface area contributed by atoms with E-state index in [9.17, 15) is 0 Å². The van der Waals surface area contributed by atoms with Gasteiger partial charge in [0.05, 0.1) is 17.9 Å². The predicted molar refractivity (Wildman–Crippen MR) is 118 cm³/mol. The number of aryl methyl sites for hydroxylation is 2. The molecule has 0 atom stereocenters. The number of hydrogen-bond donors (Lipinski definition) is 0. The van der Waals surface area contributed by atoms with Gasteiger partial charge in [-0.25, -0.2) is 0 Å². The minimum atomic E-state index is 0.677. The van der Waals surface area contributed by atoms with Crippen molar-refractivity contribution < 1.29 is 0 Å². The molecule has 0 aliphatic heterocycles. The van der Waals surface area contributed by atoms with Crippen molar-refractivity contribution >= 4 is 11.6 Å². The second-order valence-corrected chi connectivity index (χ2v) is 7.78. The van der Waals surface area contributed by atoms with Gasteiger partial charge in [0.2, 0.25) is 0 Å². The highest BCUT2D eigenvalue weighted by Gasteiger charge is 2.17. The molecule has 0 saturated carbocycles. The Labute approximate surface area is 171 Å².